The summed E-state index contributed by atoms with van der Waals surface area (Å²) in [7, 11) is -0.873. The minimum atomic E-state index is -0.873. The Morgan fingerprint density at radius 1 is 0.462 bits per heavy atom. The van der Waals surface area contributed by atoms with E-state index in [1.165, 1.54) is 94.5 Å². The third-order valence-electron chi connectivity index (χ3n) is 12.5. The maximum absolute atomic E-state index is 2.56. The number of hydrogen-bond acceptors (Lipinski definition) is 1. The SMILES string of the molecule is CCS(C)(C)c1ccc(N(c2ccc3c(c2)C(C)(C)c2ccccc2-3)c2cccc3c2C2(c4ccccc4-c4ccccc42)c2ccccc2-3)cc1. The first-order valence-electron chi connectivity index (χ1n) is 18.6. The fourth-order valence-electron chi connectivity index (χ4n) is 9.71. The summed E-state index contributed by atoms with van der Waals surface area (Å²) in [4.78, 5) is 4.01. The molecule has 7 aromatic rings. The Bertz CT molecular complexity index is 2510. The fourth-order valence-corrected chi connectivity index (χ4v) is 10.9. The minimum Gasteiger partial charge on any atom is -0.310 e. The molecule has 0 unspecified atom stereocenters. The van der Waals surface area contributed by atoms with Crippen LogP contribution in [0.15, 0.2) is 163 Å². The molecule has 0 bridgehead atoms. The van der Waals surface area contributed by atoms with E-state index in [-0.39, 0.29) is 5.41 Å². The van der Waals surface area contributed by atoms with Crippen LogP contribution in [0, 0.1) is 0 Å². The van der Waals surface area contributed by atoms with E-state index in [4.69, 9.17) is 0 Å². The summed E-state index contributed by atoms with van der Waals surface area (Å²) in [5, 5.41) is 0. The third kappa shape index (κ3) is 4.07. The minimum absolute atomic E-state index is 0.106. The van der Waals surface area contributed by atoms with E-state index >= 15 is 0 Å². The highest BCUT2D eigenvalue weighted by atomic mass is 32.3. The predicted octanol–water partition coefficient (Wildman–Crippen LogP) is 13.2. The second kappa shape index (κ2) is 11.1. The number of hydrogen-bond donors (Lipinski definition) is 0. The van der Waals surface area contributed by atoms with Gasteiger partial charge in [-0.25, -0.2) is 10.0 Å². The van der Waals surface area contributed by atoms with E-state index in [1.807, 2.05) is 0 Å². The van der Waals surface area contributed by atoms with Crippen LogP contribution in [-0.4, -0.2) is 18.3 Å². The van der Waals surface area contributed by atoms with E-state index < -0.39 is 15.4 Å². The second-order valence-electron chi connectivity index (χ2n) is 15.6. The Labute approximate surface area is 309 Å². The molecule has 7 aromatic carbocycles. The van der Waals surface area contributed by atoms with Crippen LogP contribution in [0.25, 0.3) is 33.4 Å². The summed E-state index contributed by atoms with van der Waals surface area (Å²) in [5.74, 6) is 1.17. The van der Waals surface area contributed by atoms with Gasteiger partial charge in [-0.2, -0.15) is 0 Å². The molecule has 254 valence electrons. The molecular formula is C50H43NS. The highest BCUT2D eigenvalue weighted by molar-refractivity contribution is 8.32. The standard InChI is InChI=1S/C50H43NS/c1-6-52(4,5)35-29-26-33(27-30-35)51(34-28-31-40-36-16-7-11-21-42(36)49(2,3)46(40)32-34)47-25-15-20-41-39-19-10-14-24-45(39)50(48(41)47)43-22-12-8-17-37(43)38-18-9-13-23-44(38)50/h7-32H,6H2,1-5H3. The quantitative estimate of drug-likeness (QED) is 0.174. The molecule has 0 N–H and O–H groups in total. The van der Waals surface area contributed by atoms with Crippen LogP contribution in [0.1, 0.15) is 54.2 Å². The summed E-state index contributed by atoms with van der Waals surface area (Å²) in [6, 6.07) is 60.1. The average molecular weight is 690 g/mol. The lowest BCUT2D eigenvalue weighted by Gasteiger charge is -2.36. The van der Waals surface area contributed by atoms with Crippen LogP contribution in [0.5, 0.6) is 0 Å². The van der Waals surface area contributed by atoms with Gasteiger partial charge < -0.3 is 4.90 Å². The molecule has 0 aromatic heterocycles. The summed E-state index contributed by atoms with van der Waals surface area (Å²) in [6.45, 7) is 7.09. The molecule has 1 spiro atoms. The van der Waals surface area contributed by atoms with Crippen LogP contribution in [0.4, 0.5) is 17.1 Å². The van der Waals surface area contributed by atoms with Crippen molar-refractivity contribution in [1.29, 1.82) is 0 Å². The van der Waals surface area contributed by atoms with Gasteiger partial charge in [-0.3, -0.25) is 0 Å². The Balaban J connectivity index is 1.28. The first-order chi connectivity index (χ1) is 25.3. The van der Waals surface area contributed by atoms with Crippen LogP contribution >= 0.6 is 10.0 Å². The first kappa shape index (κ1) is 31.4. The summed E-state index contributed by atoms with van der Waals surface area (Å²) in [6.07, 6.45) is 4.86. The molecule has 0 saturated carbocycles. The Hall–Kier alpha value is -5.31. The van der Waals surface area contributed by atoms with Gasteiger partial charge in [0.25, 0.3) is 0 Å². The predicted molar refractivity (Wildman–Crippen MR) is 223 cm³/mol. The maximum atomic E-state index is 2.56. The number of benzene rings is 7. The van der Waals surface area contributed by atoms with Crippen molar-refractivity contribution in [2.24, 2.45) is 0 Å². The molecule has 10 rings (SSSR count). The van der Waals surface area contributed by atoms with Crippen molar-refractivity contribution in [3.05, 3.63) is 191 Å². The molecule has 3 aliphatic carbocycles. The lowest BCUT2D eigenvalue weighted by molar-refractivity contribution is 0.660. The number of rotatable bonds is 5. The van der Waals surface area contributed by atoms with Crippen LogP contribution in [-0.2, 0) is 10.8 Å². The Morgan fingerprint density at radius 3 is 1.50 bits per heavy atom. The van der Waals surface area contributed by atoms with Crippen molar-refractivity contribution >= 4 is 27.1 Å². The van der Waals surface area contributed by atoms with Gasteiger partial charge in [0.2, 0.25) is 0 Å². The van der Waals surface area contributed by atoms with Gasteiger partial charge >= 0.3 is 0 Å². The monoisotopic (exact) mass is 689 g/mol. The molecule has 2 heteroatoms. The molecule has 3 aliphatic rings. The Kier molecular flexibility index (Phi) is 6.71. The zero-order valence-electron chi connectivity index (χ0n) is 30.6. The average Bonchev–Trinajstić information content (AvgIpc) is 3.74. The largest absolute Gasteiger partial charge is 0.310 e. The van der Waals surface area contributed by atoms with E-state index in [9.17, 15) is 0 Å². The molecule has 0 atom stereocenters. The number of anilines is 3. The third-order valence-corrected chi connectivity index (χ3v) is 15.5. The lowest BCUT2D eigenvalue weighted by Crippen LogP contribution is -2.28. The molecule has 0 heterocycles. The number of nitrogens with zero attached hydrogens (tertiary/aromatic N) is 1. The van der Waals surface area contributed by atoms with Gasteiger partial charge in [-0.1, -0.05) is 136 Å². The van der Waals surface area contributed by atoms with Gasteiger partial charge in [0, 0.05) is 22.4 Å². The van der Waals surface area contributed by atoms with Crippen molar-refractivity contribution < 1.29 is 0 Å². The van der Waals surface area contributed by atoms with Gasteiger partial charge in [0.1, 0.15) is 0 Å². The van der Waals surface area contributed by atoms with Crippen molar-refractivity contribution in [3.63, 3.8) is 0 Å². The van der Waals surface area contributed by atoms with Gasteiger partial charge in [0.05, 0.1) is 11.1 Å². The van der Waals surface area contributed by atoms with Gasteiger partial charge in [-0.15, -0.1) is 0 Å². The van der Waals surface area contributed by atoms with Crippen molar-refractivity contribution in [2.45, 2.75) is 36.5 Å². The van der Waals surface area contributed by atoms with Crippen LogP contribution in [0.2, 0.25) is 0 Å². The normalized spacial score (nSPS) is 15.3. The number of fused-ring (bicyclic) bond motifs is 13. The lowest BCUT2D eigenvalue weighted by atomic mass is 9.70. The van der Waals surface area contributed by atoms with Gasteiger partial charge in [0.15, 0.2) is 0 Å². The van der Waals surface area contributed by atoms with E-state index in [2.05, 4.69) is 196 Å². The molecule has 52 heavy (non-hydrogen) atoms. The molecule has 0 saturated heterocycles. The summed E-state index contributed by atoms with van der Waals surface area (Å²) in [5.41, 5.74) is 19.3. The molecule has 0 aliphatic heterocycles. The van der Waals surface area contributed by atoms with E-state index in [0.29, 0.717) is 0 Å². The van der Waals surface area contributed by atoms with Crippen molar-refractivity contribution in [3.8, 4) is 33.4 Å². The zero-order valence-corrected chi connectivity index (χ0v) is 31.4. The smallest absolute Gasteiger partial charge is 0.0746 e. The topological polar surface area (TPSA) is 3.24 Å². The molecule has 0 amide bonds. The maximum Gasteiger partial charge on any atom is 0.0746 e. The molecule has 0 radical (unpaired) electrons. The van der Waals surface area contributed by atoms with Crippen LogP contribution < -0.4 is 4.90 Å². The molecular weight excluding hydrogens is 647 g/mol. The summed E-state index contributed by atoms with van der Waals surface area (Å²) >= 11 is 0. The second-order valence-corrected chi connectivity index (χ2v) is 19.8. The fraction of sp³-hybridized carbons (Fsp3) is 0.160. The highest BCUT2D eigenvalue weighted by Crippen LogP contribution is 2.65. The zero-order chi connectivity index (χ0) is 35.4. The van der Waals surface area contributed by atoms with E-state index in [0.717, 1.165) is 0 Å². The summed E-state index contributed by atoms with van der Waals surface area (Å²) < 4.78 is 0. The molecule has 1 nitrogen and oxygen atoms in total. The Morgan fingerprint density at radius 2 is 0.923 bits per heavy atom. The highest BCUT2D eigenvalue weighted by Gasteiger charge is 2.53. The molecule has 0 fully saturated rings. The van der Waals surface area contributed by atoms with Crippen molar-refractivity contribution in [1.82, 2.24) is 0 Å². The van der Waals surface area contributed by atoms with Gasteiger partial charge in [-0.05, 0) is 127 Å². The first-order valence-corrected chi connectivity index (χ1v) is 21.2. The van der Waals surface area contributed by atoms with Crippen molar-refractivity contribution in [2.75, 3.05) is 23.2 Å². The van der Waals surface area contributed by atoms with E-state index in [1.54, 1.807) is 0 Å². The van der Waals surface area contributed by atoms with Crippen LogP contribution in [0.3, 0.4) is 0 Å².